The predicted molar refractivity (Wildman–Crippen MR) is 87.9 cm³/mol. The summed E-state index contributed by atoms with van der Waals surface area (Å²) in [4.78, 5) is 2.34. The summed E-state index contributed by atoms with van der Waals surface area (Å²) in [7, 11) is 0. The van der Waals surface area contributed by atoms with Crippen LogP contribution in [0.25, 0.3) is 0 Å². The maximum Gasteiger partial charge on any atom is 0.170 e. The second kappa shape index (κ2) is 8.00. The second-order valence-electron chi connectivity index (χ2n) is 4.49. The highest BCUT2D eigenvalue weighted by molar-refractivity contribution is 7.80. The van der Waals surface area contributed by atoms with Gasteiger partial charge in [0.25, 0.3) is 0 Å². The monoisotopic (exact) mass is 333 g/mol. The van der Waals surface area contributed by atoms with Gasteiger partial charge >= 0.3 is 0 Å². The van der Waals surface area contributed by atoms with Crippen LogP contribution < -0.4 is 10.6 Å². The third-order valence-corrected chi connectivity index (χ3v) is 3.62. The first-order chi connectivity index (χ1) is 9.63. The zero-order valence-corrected chi connectivity index (χ0v) is 13.3. The molecule has 1 aromatic rings. The highest BCUT2D eigenvalue weighted by Gasteiger charge is 2.09. The van der Waals surface area contributed by atoms with E-state index in [0.29, 0.717) is 15.2 Å². The summed E-state index contributed by atoms with van der Waals surface area (Å²) >= 11 is 17.1. The van der Waals surface area contributed by atoms with Crippen molar-refractivity contribution in [2.24, 2.45) is 0 Å². The third-order valence-electron chi connectivity index (χ3n) is 2.94. The minimum Gasteiger partial charge on any atom is -0.379 e. The van der Waals surface area contributed by atoms with Crippen LogP contribution in [0.15, 0.2) is 18.2 Å². The lowest BCUT2D eigenvalue weighted by Crippen LogP contribution is -2.42. The fourth-order valence-electron chi connectivity index (χ4n) is 1.95. The van der Waals surface area contributed by atoms with Crippen LogP contribution >= 0.6 is 35.4 Å². The van der Waals surface area contributed by atoms with E-state index in [0.717, 1.165) is 45.1 Å². The second-order valence-corrected chi connectivity index (χ2v) is 5.77. The molecule has 0 aliphatic carbocycles. The molecule has 1 aromatic carbocycles. The molecule has 2 rings (SSSR count). The number of anilines is 1. The molecule has 1 fully saturated rings. The summed E-state index contributed by atoms with van der Waals surface area (Å²) < 4.78 is 5.30. The SMILES string of the molecule is S=C(NCCN1CCOCC1)Nc1cc(Cl)cc(Cl)c1. The van der Waals surface area contributed by atoms with Gasteiger partial charge in [-0.05, 0) is 30.4 Å². The Balaban J connectivity index is 1.72. The average Bonchev–Trinajstić information content (AvgIpc) is 2.38. The van der Waals surface area contributed by atoms with Crippen LogP contribution in [-0.2, 0) is 4.74 Å². The molecule has 0 amide bonds. The highest BCUT2D eigenvalue weighted by atomic mass is 35.5. The van der Waals surface area contributed by atoms with Crippen molar-refractivity contribution < 1.29 is 4.74 Å². The largest absolute Gasteiger partial charge is 0.379 e. The van der Waals surface area contributed by atoms with Crippen LogP contribution in [-0.4, -0.2) is 49.4 Å². The molecule has 2 N–H and O–H groups in total. The topological polar surface area (TPSA) is 36.5 Å². The van der Waals surface area contributed by atoms with E-state index in [4.69, 9.17) is 40.2 Å². The molecule has 0 saturated carbocycles. The molecule has 4 nitrogen and oxygen atoms in total. The van der Waals surface area contributed by atoms with Gasteiger partial charge in [0.2, 0.25) is 0 Å². The van der Waals surface area contributed by atoms with E-state index in [1.165, 1.54) is 0 Å². The summed E-state index contributed by atoms with van der Waals surface area (Å²) in [6.45, 7) is 5.31. The molecule has 1 aliphatic heterocycles. The maximum atomic E-state index is 5.93. The molecule has 0 unspecified atom stereocenters. The zero-order valence-electron chi connectivity index (χ0n) is 11.0. The fourth-order valence-corrected chi connectivity index (χ4v) is 2.70. The number of halogens is 2. The van der Waals surface area contributed by atoms with Crippen molar-refractivity contribution in [1.82, 2.24) is 10.2 Å². The average molecular weight is 334 g/mol. The summed E-state index contributed by atoms with van der Waals surface area (Å²) in [5.74, 6) is 0. The van der Waals surface area contributed by atoms with Gasteiger partial charge in [0.1, 0.15) is 0 Å². The van der Waals surface area contributed by atoms with Crippen LogP contribution in [0.4, 0.5) is 5.69 Å². The van der Waals surface area contributed by atoms with Crippen molar-refractivity contribution in [2.75, 3.05) is 44.7 Å². The standard InChI is InChI=1S/C13H17Cl2N3OS/c14-10-7-11(15)9-12(8-10)17-13(20)16-1-2-18-3-5-19-6-4-18/h7-9H,1-6H2,(H2,16,17,20). The van der Waals surface area contributed by atoms with Gasteiger partial charge in [-0.2, -0.15) is 0 Å². The first kappa shape index (κ1) is 15.8. The number of benzene rings is 1. The van der Waals surface area contributed by atoms with Crippen molar-refractivity contribution in [3.63, 3.8) is 0 Å². The number of rotatable bonds is 4. The smallest absolute Gasteiger partial charge is 0.170 e. The summed E-state index contributed by atoms with van der Waals surface area (Å²) in [5, 5.41) is 7.96. The fraction of sp³-hybridized carbons (Fsp3) is 0.462. The summed E-state index contributed by atoms with van der Waals surface area (Å²) in [6.07, 6.45) is 0. The van der Waals surface area contributed by atoms with Gasteiger partial charge in [-0.1, -0.05) is 23.2 Å². The van der Waals surface area contributed by atoms with Crippen LogP contribution in [0, 0.1) is 0 Å². The van der Waals surface area contributed by atoms with Gasteiger partial charge < -0.3 is 15.4 Å². The first-order valence-corrected chi connectivity index (χ1v) is 7.61. The lowest BCUT2D eigenvalue weighted by molar-refractivity contribution is 0.0389. The Kier molecular flexibility index (Phi) is 6.32. The molecule has 1 saturated heterocycles. The Morgan fingerprint density at radius 3 is 2.50 bits per heavy atom. The van der Waals surface area contributed by atoms with Gasteiger partial charge in [-0.25, -0.2) is 0 Å². The quantitative estimate of drug-likeness (QED) is 0.828. The maximum absolute atomic E-state index is 5.93. The van der Waals surface area contributed by atoms with Crippen LogP contribution in [0.1, 0.15) is 0 Å². The summed E-state index contributed by atoms with van der Waals surface area (Å²) in [5.41, 5.74) is 0.784. The molecule has 0 bridgehead atoms. The third kappa shape index (κ3) is 5.42. The normalized spacial score (nSPS) is 15.9. The Bertz CT molecular complexity index is 447. The van der Waals surface area contributed by atoms with Crippen molar-refractivity contribution in [3.8, 4) is 0 Å². The van der Waals surface area contributed by atoms with E-state index in [1.54, 1.807) is 18.2 Å². The minimum atomic E-state index is 0.566. The van der Waals surface area contributed by atoms with Crippen molar-refractivity contribution in [1.29, 1.82) is 0 Å². The van der Waals surface area contributed by atoms with Crippen LogP contribution in [0.2, 0.25) is 10.0 Å². The molecule has 7 heteroatoms. The molecule has 0 atom stereocenters. The molecular formula is C13H17Cl2N3OS. The van der Waals surface area contributed by atoms with Gasteiger partial charge in [-0.15, -0.1) is 0 Å². The lowest BCUT2D eigenvalue weighted by atomic mass is 10.3. The number of ether oxygens (including phenoxy) is 1. The number of morpholine rings is 1. The van der Waals surface area contributed by atoms with Gasteiger partial charge in [-0.3, -0.25) is 4.90 Å². The molecule has 1 aliphatic rings. The molecular weight excluding hydrogens is 317 g/mol. The highest BCUT2D eigenvalue weighted by Crippen LogP contribution is 2.22. The van der Waals surface area contributed by atoms with E-state index >= 15 is 0 Å². The molecule has 110 valence electrons. The number of nitrogens with one attached hydrogen (secondary N) is 2. The van der Waals surface area contributed by atoms with Gasteiger partial charge in [0.15, 0.2) is 5.11 Å². The minimum absolute atomic E-state index is 0.566. The molecule has 0 aromatic heterocycles. The Morgan fingerprint density at radius 2 is 1.85 bits per heavy atom. The van der Waals surface area contributed by atoms with Crippen molar-refractivity contribution >= 4 is 46.2 Å². The van der Waals surface area contributed by atoms with Gasteiger partial charge in [0.05, 0.1) is 13.2 Å². The van der Waals surface area contributed by atoms with Crippen molar-refractivity contribution in [3.05, 3.63) is 28.2 Å². The van der Waals surface area contributed by atoms with E-state index in [1.807, 2.05) is 0 Å². The number of thiocarbonyl (C=S) groups is 1. The summed E-state index contributed by atoms with van der Waals surface area (Å²) in [6, 6.07) is 5.25. The first-order valence-electron chi connectivity index (χ1n) is 6.44. The van der Waals surface area contributed by atoms with Crippen LogP contribution in [0.5, 0.6) is 0 Å². The molecule has 1 heterocycles. The number of hydrogen-bond acceptors (Lipinski definition) is 3. The van der Waals surface area contributed by atoms with Crippen molar-refractivity contribution in [2.45, 2.75) is 0 Å². The number of hydrogen-bond donors (Lipinski definition) is 2. The Morgan fingerprint density at radius 1 is 1.20 bits per heavy atom. The van der Waals surface area contributed by atoms with E-state index in [-0.39, 0.29) is 0 Å². The predicted octanol–water partition coefficient (Wildman–Crippen LogP) is 2.61. The van der Waals surface area contributed by atoms with E-state index in [9.17, 15) is 0 Å². The lowest BCUT2D eigenvalue weighted by Gasteiger charge is -2.26. The Labute approximate surface area is 134 Å². The molecule has 20 heavy (non-hydrogen) atoms. The molecule has 0 spiro atoms. The number of nitrogens with zero attached hydrogens (tertiary/aromatic N) is 1. The van der Waals surface area contributed by atoms with Crippen LogP contribution in [0.3, 0.4) is 0 Å². The van der Waals surface area contributed by atoms with E-state index < -0.39 is 0 Å². The molecule has 0 radical (unpaired) electrons. The van der Waals surface area contributed by atoms with E-state index in [2.05, 4.69) is 15.5 Å². The zero-order chi connectivity index (χ0) is 14.4. The van der Waals surface area contributed by atoms with Gasteiger partial charge in [0, 0.05) is 41.9 Å². The Hall–Kier alpha value is -0.590.